The third-order valence-corrected chi connectivity index (χ3v) is 7.51. The van der Waals surface area contributed by atoms with Crippen molar-refractivity contribution in [3.05, 3.63) is 120 Å². The van der Waals surface area contributed by atoms with Crippen LogP contribution in [0.15, 0.2) is 97.3 Å². The Labute approximate surface area is 235 Å². The molecule has 0 aliphatic carbocycles. The van der Waals surface area contributed by atoms with E-state index in [0.717, 1.165) is 44.6 Å². The first-order valence-electron chi connectivity index (χ1n) is 13.7. The van der Waals surface area contributed by atoms with Crippen LogP contribution in [0.4, 0.5) is 0 Å². The molecule has 0 spiro atoms. The van der Waals surface area contributed by atoms with E-state index in [-0.39, 0.29) is 16.6 Å². The van der Waals surface area contributed by atoms with Crippen molar-refractivity contribution in [2.75, 3.05) is 0 Å². The topological polar surface area (TPSA) is 52.7 Å². The maximum atomic E-state index is 14.2. The van der Waals surface area contributed by atoms with E-state index >= 15 is 0 Å². The van der Waals surface area contributed by atoms with Gasteiger partial charge in [0, 0.05) is 12.4 Å². The minimum Gasteiger partial charge on any atom is -0.301 e. The van der Waals surface area contributed by atoms with Gasteiger partial charge in [0.1, 0.15) is 23.0 Å². The van der Waals surface area contributed by atoms with E-state index in [1.807, 2.05) is 48.8 Å². The van der Waals surface area contributed by atoms with Gasteiger partial charge < -0.3 is 9.13 Å². The van der Waals surface area contributed by atoms with Crippen LogP contribution < -0.4 is 0 Å². The predicted molar refractivity (Wildman–Crippen MR) is 163 cm³/mol. The smallest absolute Gasteiger partial charge is 0.229 e. The van der Waals surface area contributed by atoms with E-state index in [1.54, 1.807) is 0 Å². The summed E-state index contributed by atoms with van der Waals surface area (Å²) in [6, 6.07) is 28.6. The fourth-order valence-corrected chi connectivity index (χ4v) is 5.07. The van der Waals surface area contributed by atoms with Gasteiger partial charge in [-0.1, -0.05) is 77.9 Å². The molecule has 0 aliphatic heterocycles. The molecular formula is C35H34N4O. The largest absolute Gasteiger partial charge is 0.301 e. The number of hydrogen-bond acceptors (Lipinski definition) is 3. The summed E-state index contributed by atoms with van der Waals surface area (Å²) in [7, 11) is 0. The van der Waals surface area contributed by atoms with Crippen LogP contribution in [0, 0.1) is 0 Å². The molecule has 0 saturated carbocycles. The van der Waals surface area contributed by atoms with Crippen molar-refractivity contribution in [1.29, 1.82) is 0 Å². The Kier molecular flexibility index (Phi) is 5.99. The Balaban J connectivity index is 1.53. The van der Waals surface area contributed by atoms with Crippen molar-refractivity contribution in [1.82, 2.24) is 19.1 Å². The fourth-order valence-electron chi connectivity index (χ4n) is 5.07. The molecule has 0 radical (unpaired) electrons. The maximum Gasteiger partial charge on any atom is 0.229 e. The molecule has 5 nitrogen and oxygen atoms in total. The summed E-state index contributed by atoms with van der Waals surface area (Å²) in [5.41, 5.74) is 4.62. The van der Waals surface area contributed by atoms with Gasteiger partial charge in [-0.3, -0.25) is 4.79 Å². The third-order valence-electron chi connectivity index (χ3n) is 7.51. The number of benzene rings is 2. The van der Waals surface area contributed by atoms with Crippen LogP contribution in [0.2, 0.25) is 0 Å². The maximum absolute atomic E-state index is 14.2. The highest BCUT2D eigenvalue weighted by Crippen LogP contribution is 2.30. The van der Waals surface area contributed by atoms with E-state index in [1.165, 1.54) is 0 Å². The molecule has 6 aromatic rings. The predicted octanol–water partition coefficient (Wildman–Crippen LogP) is 8.19. The molecule has 5 heteroatoms. The zero-order valence-corrected chi connectivity index (χ0v) is 23.9. The second-order valence-electron chi connectivity index (χ2n) is 12.5. The monoisotopic (exact) mass is 526 g/mol. The van der Waals surface area contributed by atoms with E-state index in [9.17, 15) is 4.79 Å². The Morgan fingerprint density at radius 2 is 0.975 bits per heavy atom. The number of rotatable bonds is 4. The van der Waals surface area contributed by atoms with Gasteiger partial charge in [0.2, 0.25) is 5.78 Å². The lowest BCUT2D eigenvalue weighted by molar-refractivity contribution is 0.102. The quantitative estimate of drug-likeness (QED) is 0.218. The van der Waals surface area contributed by atoms with Crippen LogP contribution in [-0.2, 0) is 10.8 Å². The van der Waals surface area contributed by atoms with Crippen LogP contribution in [0.5, 0.6) is 0 Å². The fraction of sp³-hybridized carbons (Fsp3) is 0.229. The van der Waals surface area contributed by atoms with Crippen LogP contribution >= 0.6 is 0 Å². The second-order valence-corrected chi connectivity index (χ2v) is 12.5. The van der Waals surface area contributed by atoms with E-state index in [2.05, 4.69) is 99.2 Å². The average Bonchev–Trinajstić information content (AvgIpc) is 3.56. The molecule has 0 fully saturated rings. The van der Waals surface area contributed by atoms with Crippen LogP contribution in [0.1, 0.15) is 68.9 Å². The number of carbonyl (C=O) groups excluding carboxylic acids is 1. The number of fused-ring (bicyclic) bond motifs is 2. The highest BCUT2D eigenvalue weighted by Gasteiger charge is 2.24. The lowest BCUT2D eigenvalue weighted by Gasteiger charge is -2.22. The van der Waals surface area contributed by atoms with Crippen LogP contribution in [0.3, 0.4) is 0 Å². The summed E-state index contributed by atoms with van der Waals surface area (Å²) >= 11 is 0. The molecule has 4 aromatic heterocycles. The normalized spacial score (nSPS) is 12.3. The minimum absolute atomic E-state index is 0.175. The molecular weight excluding hydrogens is 492 g/mol. The molecule has 0 atom stereocenters. The summed E-state index contributed by atoms with van der Waals surface area (Å²) in [5.74, 6) is 1.26. The van der Waals surface area contributed by atoms with Gasteiger partial charge in [-0.05, 0) is 81.3 Å². The lowest BCUT2D eigenvalue weighted by Crippen LogP contribution is -2.18. The minimum atomic E-state index is -0.187. The third kappa shape index (κ3) is 4.62. The van der Waals surface area contributed by atoms with Crippen molar-refractivity contribution in [2.24, 2.45) is 0 Å². The number of para-hydroxylation sites is 2. The summed E-state index contributed by atoms with van der Waals surface area (Å²) in [4.78, 5) is 24.1. The van der Waals surface area contributed by atoms with Gasteiger partial charge >= 0.3 is 0 Å². The van der Waals surface area contributed by atoms with Crippen molar-refractivity contribution < 1.29 is 4.79 Å². The first-order chi connectivity index (χ1) is 19.0. The molecule has 200 valence electrons. The first kappa shape index (κ1) is 25.8. The van der Waals surface area contributed by atoms with E-state index in [0.29, 0.717) is 11.4 Å². The van der Waals surface area contributed by atoms with E-state index in [4.69, 9.17) is 9.97 Å². The molecule has 0 bridgehead atoms. The molecule has 0 amide bonds. The zero-order chi connectivity index (χ0) is 28.2. The number of hydrogen-bond donors (Lipinski definition) is 0. The summed E-state index contributed by atoms with van der Waals surface area (Å²) in [5, 5.41) is 2.25. The molecule has 2 aromatic carbocycles. The summed E-state index contributed by atoms with van der Waals surface area (Å²) in [6.45, 7) is 12.9. The molecule has 40 heavy (non-hydrogen) atoms. The standard InChI is InChI=1S/C35H34N4O/c1-34(2,3)25-19-27(36-31(21-25)38-17-15-23-11-7-9-13-29(23)38)33(40)28-20-26(35(4,5)6)22-32(37-28)39-18-16-24-12-8-10-14-30(24)39/h7-22H,1-6H3. The van der Waals surface area contributed by atoms with Gasteiger partial charge in [0.05, 0.1) is 11.0 Å². The van der Waals surface area contributed by atoms with Crippen molar-refractivity contribution in [2.45, 2.75) is 52.4 Å². The van der Waals surface area contributed by atoms with Gasteiger partial charge in [-0.25, -0.2) is 9.97 Å². The highest BCUT2D eigenvalue weighted by molar-refractivity contribution is 6.07. The van der Waals surface area contributed by atoms with Crippen LogP contribution in [-0.4, -0.2) is 24.9 Å². The van der Waals surface area contributed by atoms with Crippen molar-refractivity contribution in [3.63, 3.8) is 0 Å². The Morgan fingerprint density at radius 3 is 1.38 bits per heavy atom. The molecule has 0 N–H and O–H groups in total. The number of carbonyl (C=O) groups is 1. The molecule has 4 heterocycles. The number of nitrogens with zero attached hydrogens (tertiary/aromatic N) is 4. The molecule has 0 saturated heterocycles. The zero-order valence-electron chi connectivity index (χ0n) is 23.9. The number of ketones is 1. The Morgan fingerprint density at radius 1 is 0.575 bits per heavy atom. The van der Waals surface area contributed by atoms with Gasteiger partial charge in [-0.2, -0.15) is 0 Å². The van der Waals surface area contributed by atoms with Gasteiger partial charge in [0.15, 0.2) is 0 Å². The summed E-state index contributed by atoms with van der Waals surface area (Å²) < 4.78 is 4.11. The van der Waals surface area contributed by atoms with Crippen molar-refractivity contribution >= 4 is 27.6 Å². The lowest BCUT2D eigenvalue weighted by atomic mass is 9.85. The summed E-state index contributed by atoms with van der Waals surface area (Å²) in [6.07, 6.45) is 4.03. The first-order valence-corrected chi connectivity index (χ1v) is 13.7. The highest BCUT2D eigenvalue weighted by atomic mass is 16.1. The Hall–Kier alpha value is -4.51. The SMILES string of the molecule is CC(C)(C)c1cc(C(=O)c2cc(C(C)(C)C)cc(-n3ccc4ccccc43)n2)nc(-n2ccc3ccccc32)c1. The number of aromatic nitrogens is 4. The van der Waals surface area contributed by atoms with E-state index < -0.39 is 0 Å². The van der Waals surface area contributed by atoms with Crippen molar-refractivity contribution in [3.8, 4) is 11.6 Å². The number of pyridine rings is 2. The van der Waals surface area contributed by atoms with Gasteiger partial charge in [0.25, 0.3) is 0 Å². The molecule has 0 aliphatic rings. The average molecular weight is 527 g/mol. The second kappa shape index (κ2) is 9.30. The molecule has 6 rings (SSSR count). The van der Waals surface area contributed by atoms with Gasteiger partial charge in [-0.15, -0.1) is 0 Å². The molecule has 0 unspecified atom stereocenters. The van der Waals surface area contributed by atoms with Crippen LogP contribution in [0.25, 0.3) is 33.4 Å². The Bertz CT molecular complexity index is 1760.